The molecule has 4 amide bonds. The van der Waals surface area contributed by atoms with E-state index in [2.05, 4.69) is 41.7 Å². The van der Waals surface area contributed by atoms with Crippen molar-refractivity contribution in [1.29, 1.82) is 0 Å². The first kappa shape index (κ1) is 55.5. The Morgan fingerprint density at radius 2 is 0.887 bits per heavy atom. The molecular weight excluding hydrogens is 1020 g/mol. The molecular formula is C50H49Cl5N8O8. The predicted octanol–water partition coefficient (Wildman–Crippen LogP) is 13.6. The van der Waals surface area contributed by atoms with Crippen LogP contribution in [0.3, 0.4) is 0 Å². The number of hydrogen-bond acceptors (Lipinski definition) is 12. The zero-order valence-electron chi connectivity index (χ0n) is 39.4. The molecule has 0 spiro atoms. The Balaban J connectivity index is 1.28. The first-order valence-electron chi connectivity index (χ1n) is 22.0. The van der Waals surface area contributed by atoms with Crippen molar-refractivity contribution in [2.75, 3.05) is 34.5 Å². The largest absolute Gasteiger partial charge is 0.494 e. The molecule has 0 fully saturated rings. The fourth-order valence-corrected chi connectivity index (χ4v) is 7.52. The molecule has 21 heteroatoms. The molecule has 5 aromatic rings. The van der Waals surface area contributed by atoms with Gasteiger partial charge in [0, 0.05) is 45.0 Å². The normalized spacial score (nSPS) is 13.4. The maximum atomic E-state index is 13.6. The lowest BCUT2D eigenvalue weighted by molar-refractivity contribution is -0.127. The molecule has 4 N–H and O–H groups in total. The second-order valence-electron chi connectivity index (χ2n) is 15.7. The van der Waals surface area contributed by atoms with Crippen LogP contribution in [0.2, 0.25) is 10.0 Å². The van der Waals surface area contributed by atoms with Crippen molar-refractivity contribution in [3.8, 4) is 11.5 Å². The van der Waals surface area contributed by atoms with Crippen LogP contribution in [0.4, 0.5) is 34.1 Å². The second-order valence-corrected chi connectivity index (χ2v) is 18.5. The zero-order valence-corrected chi connectivity index (χ0v) is 43.2. The number of alkyl halides is 3. The van der Waals surface area contributed by atoms with Crippen LogP contribution in [-0.2, 0) is 19.2 Å². The number of benzene rings is 5. The van der Waals surface area contributed by atoms with E-state index in [1.807, 2.05) is 13.8 Å². The van der Waals surface area contributed by atoms with Gasteiger partial charge in [-0.05, 0) is 145 Å². The van der Waals surface area contributed by atoms with E-state index in [1.165, 1.54) is 54.6 Å². The van der Waals surface area contributed by atoms with Gasteiger partial charge in [-0.1, -0.05) is 23.2 Å². The maximum absolute atomic E-state index is 13.6. The lowest BCUT2D eigenvalue weighted by Crippen LogP contribution is -2.32. The molecule has 0 saturated heterocycles. The van der Waals surface area contributed by atoms with E-state index in [0.29, 0.717) is 52.8 Å². The Bertz CT molecular complexity index is 2890. The highest BCUT2D eigenvalue weighted by molar-refractivity contribution is 6.33. The summed E-state index contributed by atoms with van der Waals surface area (Å²) in [5.74, 6) is -2.88. The molecule has 71 heavy (non-hydrogen) atoms. The lowest BCUT2D eigenvalue weighted by atomic mass is 10.1. The molecule has 372 valence electrons. The predicted molar refractivity (Wildman–Crippen MR) is 279 cm³/mol. The van der Waals surface area contributed by atoms with E-state index in [0.717, 1.165) is 13.8 Å². The van der Waals surface area contributed by atoms with Gasteiger partial charge < -0.3 is 30.7 Å². The highest BCUT2D eigenvalue weighted by Crippen LogP contribution is 2.36. The highest BCUT2D eigenvalue weighted by atomic mass is 35.5. The molecule has 0 radical (unpaired) electrons. The van der Waals surface area contributed by atoms with E-state index >= 15 is 0 Å². The third kappa shape index (κ3) is 15.0. The SMILES string of the molecule is CCOc1ccc(NC(=O)c2ccc(Cl)c(N=NC(C(C)=O)C(=O)Nc3ccc(NC(=O)C(N=Nc4cc(C(=O)Nc5ccc(OCC)c(C(C)Cl)c5)ccc4Cl)C(C)=O)c(C(C)Cl)c3)c2)cc1C(C)Cl. The molecule has 5 atom stereocenters. The number of azo groups is 2. The standard InChI is InChI=1S/C50H49Cl5N8O8/c1-8-70-43-18-13-33(23-36(43)26(4)52)56-47(66)30-10-15-38(54)41(20-30)60-62-45(28(6)64)49(68)58-32-12-17-40(35(22-32)25(3)51)59-50(69)46(29(7)65)63-61-42-21-31(11-16-39(42)55)48(67)57-34-14-19-44(71-9-2)37(24-34)27(5)53/h10-27,45-46H,8-9H2,1-7H3,(H,56,66)(H,57,67)(H,58,68)(H,59,69). The fraction of sp³-hybridized carbons (Fsp3) is 0.280. The molecule has 0 bridgehead atoms. The van der Waals surface area contributed by atoms with Crippen LogP contribution in [0.1, 0.15) is 102 Å². The number of carbonyl (C=O) groups is 6. The molecule has 0 aliphatic rings. The number of rotatable bonds is 21. The second kappa shape index (κ2) is 25.6. The van der Waals surface area contributed by atoms with Crippen LogP contribution in [0.15, 0.2) is 111 Å². The van der Waals surface area contributed by atoms with Gasteiger partial charge >= 0.3 is 0 Å². The van der Waals surface area contributed by atoms with E-state index < -0.39 is 63.4 Å². The van der Waals surface area contributed by atoms with E-state index in [-0.39, 0.29) is 43.9 Å². The Morgan fingerprint density at radius 1 is 0.507 bits per heavy atom. The average Bonchev–Trinajstić information content (AvgIpc) is 3.31. The Kier molecular flexibility index (Phi) is 20.0. The van der Waals surface area contributed by atoms with Gasteiger partial charge in [0.2, 0.25) is 12.1 Å². The summed E-state index contributed by atoms with van der Waals surface area (Å²) in [6.45, 7) is 12.1. The van der Waals surface area contributed by atoms with E-state index in [1.54, 1.807) is 57.2 Å². The van der Waals surface area contributed by atoms with Crippen molar-refractivity contribution in [1.82, 2.24) is 0 Å². The van der Waals surface area contributed by atoms with Crippen LogP contribution >= 0.6 is 58.0 Å². The first-order valence-corrected chi connectivity index (χ1v) is 24.0. The van der Waals surface area contributed by atoms with Crippen LogP contribution in [0, 0.1) is 0 Å². The quantitative estimate of drug-likeness (QED) is 0.0314. The number of ketones is 2. The summed E-state index contributed by atoms with van der Waals surface area (Å²) in [7, 11) is 0. The third-order valence-corrected chi connectivity index (χ3v) is 11.6. The third-order valence-electron chi connectivity index (χ3n) is 10.2. The summed E-state index contributed by atoms with van der Waals surface area (Å²) < 4.78 is 11.3. The Labute approximate surface area is 435 Å². The summed E-state index contributed by atoms with van der Waals surface area (Å²) in [5, 5.41) is 25.6. The van der Waals surface area contributed by atoms with Crippen LogP contribution in [0.25, 0.3) is 0 Å². The number of anilines is 4. The van der Waals surface area contributed by atoms with Crippen molar-refractivity contribution in [3.63, 3.8) is 0 Å². The molecule has 0 heterocycles. The summed E-state index contributed by atoms with van der Waals surface area (Å²) in [4.78, 5) is 79.1. The van der Waals surface area contributed by atoms with Gasteiger partial charge in [0.15, 0.2) is 11.6 Å². The monoisotopic (exact) mass is 1060 g/mol. The van der Waals surface area contributed by atoms with Crippen molar-refractivity contribution in [2.24, 2.45) is 20.5 Å². The maximum Gasteiger partial charge on any atom is 0.258 e. The van der Waals surface area contributed by atoms with Gasteiger partial charge in [-0.3, -0.25) is 28.8 Å². The van der Waals surface area contributed by atoms with Gasteiger partial charge in [-0.25, -0.2) is 0 Å². The van der Waals surface area contributed by atoms with Crippen LogP contribution in [-0.4, -0.2) is 60.5 Å². The van der Waals surface area contributed by atoms with Crippen molar-refractivity contribution < 1.29 is 38.2 Å². The zero-order chi connectivity index (χ0) is 52.1. The molecule has 16 nitrogen and oxygen atoms in total. The molecule has 5 aromatic carbocycles. The molecule has 0 saturated carbocycles. The Morgan fingerprint density at radius 3 is 1.28 bits per heavy atom. The molecule has 0 aliphatic carbocycles. The minimum Gasteiger partial charge on any atom is -0.494 e. The number of amides is 4. The summed E-state index contributed by atoms with van der Waals surface area (Å²) in [6.07, 6.45) is 0. The van der Waals surface area contributed by atoms with Crippen molar-refractivity contribution >= 4 is 127 Å². The van der Waals surface area contributed by atoms with Crippen molar-refractivity contribution in [3.05, 3.63) is 129 Å². The smallest absolute Gasteiger partial charge is 0.258 e. The van der Waals surface area contributed by atoms with Crippen molar-refractivity contribution in [2.45, 2.75) is 76.7 Å². The van der Waals surface area contributed by atoms with Gasteiger partial charge in [0.05, 0.1) is 39.4 Å². The minimum atomic E-state index is -1.65. The number of carbonyl (C=O) groups excluding carboxylic acids is 6. The van der Waals surface area contributed by atoms with E-state index in [9.17, 15) is 28.8 Å². The molecule has 5 unspecified atom stereocenters. The summed E-state index contributed by atoms with van der Waals surface area (Å²) >= 11 is 32.0. The summed E-state index contributed by atoms with van der Waals surface area (Å²) in [6, 6.07) is 19.7. The topological polar surface area (TPSA) is 218 Å². The van der Waals surface area contributed by atoms with Gasteiger partial charge in [0.1, 0.15) is 22.9 Å². The number of ether oxygens (including phenoxy) is 2. The van der Waals surface area contributed by atoms with Crippen LogP contribution < -0.4 is 30.7 Å². The van der Waals surface area contributed by atoms with Gasteiger partial charge in [-0.2, -0.15) is 20.5 Å². The molecule has 0 aliphatic heterocycles. The number of hydrogen-bond donors (Lipinski definition) is 4. The van der Waals surface area contributed by atoms with Crippen LogP contribution in [0.5, 0.6) is 11.5 Å². The lowest BCUT2D eigenvalue weighted by Gasteiger charge is -2.17. The minimum absolute atomic E-state index is 0.00952. The fourth-order valence-electron chi connectivity index (χ4n) is 6.69. The number of nitrogens with one attached hydrogen (secondary N) is 4. The summed E-state index contributed by atoms with van der Waals surface area (Å²) in [5.41, 5.74) is 3.30. The Hall–Kier alpha value is -6.43. The molecule has 0 aromatic heterocycles. The molecule has 5 rings (SSSR count). The van der Waals surface area contributed by atoms with Gasteiger partial charge in [-0.15, -0.1) is 34.8 Å². The van der Waals surface area contributed by atoms with Gasteiger partial charge in [0.25, 0.3) is 23.6 Å². The number of halogens is 5. The number of nitrogens with zero attached hydrogens (tertiary/aromatic N) is 4. The average molecular weight is 1070 g/mol. The number of Topliss-reactive ketones (excluding diaryl/α,β-unsaturated/α-hetero) is 2. The van der Waals surface area contributed by atoms with E-state index in [4.69, 9.17) is 67.5 Å². The first-order chi connectivity index (χ1) is 33.7. The highest BCUT2D eigenvalue weighted by Gasteiger charge is 2.27.